The lowest BCUT2D eigenvalue weighted by atomic mass is 9.75. The second-order valence-electron chi connectivity index (χ2n) is 6.16. The van der Waals surface area contributed by atoms with Gasteiger partial charge in [-0.1, -0.05) is 61.7 Å². The van der Waals surface area contributed by atoms with E-state index in [-0.39, 0.29) is 12.4 Å². The summed E-state index contributed by atoms with van der Waals surface area (Å²) in [6.45, 7) is 7.20. The molecule has 25 heavy (non-hydrogen) atoms. The van der Waals surface area contributed by atoms with Gasteiger partial charge in [0.1, 0.15) is 6.61 Å². The topological polar surface area (TPSA) is 43.4 Å². The molecule has 2 aromatic carbocycles. The van der Waals surface area contributed by atoms with Crippen LogP contribution in [0.15, 0.2) is 73.8 Å². The predicted molar refractivity (Wildman–Crippen MR) is 98.3 cm³/mol. The minimum Gasteiger partial charge on any atom is -0.461 e. The normalized spacial score (nSPS) is 13.4. The van der Waals surface area contributed by atoms with Crippen molar-refractivity contribution in [2.24, 2.45) is 0 Å². The summed E-state index contributed by atoms with van der Waals surface area (Å²) in [5, 5.41) is 0. The summed E-state index contributed by atoms with van der Waals surface area (Å²) in [6.07, 6.45) is 3.40. The lowest BCUT2D eigenvalue weighted by Gasteiger charge is -2.31. The van der Waals surface area contributed by atoms with Gasteiger partial charge in [0, 0.05) is 12.5 Å². The largest absolute Gasteiger partial charge is 0.461 e. The van der Waals surface area contributed by atoms with Crippen LogP contribution in [0.25, 0.3) is 11.1 Å². The molecular formula is C22H20O3. The van der Waals surface area contributed by atoms with E-state index in [1.165, 1.54) is 6.08 Å². The molecule has 1 aliphatic rings. The number of carbonyl (C=O) groups excluding carboxylic acids is 2. The molecule has 0 saturated heterocycles. The third-order valence-electron chi connectivity index (χ3n) is 4.83. The Morgan fingerprint density at radius 2 is 1.48 bits per heavy atom. The first-order valence-corrected chi connectivity index (χ1v) is 8.26. The maximum Gasteiger partial charge on any atom is 0.330 e. The molecule has 0 amide bonds. The summed E-state index contributed by atoms with van der Waals surface area (Å²) in [5.41, 5.74) is 3.89. The van der Waals surface area contributed by atoms with Gasteiger partial charge >= 0.3 is 5.97 Å². The van der Waals surface area contributed by atoms with Gasteiger partial charge in [0.25, 0.3) is 0 Å². The molecule has 3 nitrogen and oxygen atoms in total. The molecule has 1 aliphatic carbocycles. The molecule has 0 atom stereocenters. The maximum absolute atomic E-state index is 11.9. The summed E-state index contributed by atoms with van der Waals surface area (Å²) in [4.78, 5) is 23.6. The van der Waals surface area contributed by atoms with Crippen molar-refractivity contribution in [3.05, 3.63) is 85.0 Å². The van der Waals surface area contributed by atoms with Crippen LogP contribution in [0.1, 0.15) is 24.0 Å². The minimum absolute atomic E-state index is 0.0173. The quantitative estimate of drug-likeness (QED) is 0.563. The van der Waals surface area contributed by atoms with Crippen LogP contribution in [0.3, 0.4) is 0 Å². The van der Waals surface area contributed by atoms with Crippen molar-refractivity contribution >= 4 is 11.8 Å². The highest BCUT2D eigenvalue weighted by Gasteiger charge is 2.43. The van der Waals surface area contributed by atoms with Crippen molar-refractivity contribution in [3.8, 4) is 11.1 Å². The number of benzene rings is 2. The molecule has 3 heteroatoms. The monoisotopic (exact) mass is 332 g/mol. The van der Waals surface area contributed by atoms with Crippen molar-refractivity contribution in [2.45, 2.75) is 18.3 Å². The standard InChI is InChI=1S/C22H20O3/c1-3-16(23)13-14-22(15-25-21(24)4-2)19-11-7-5-9-17(19)18-10-6-8-12-20(18)22/h3-12H,1-2,13-15H2. The van der Waals surface area contributed by atoms with Crippen LogP contribution in [-0.2, 0) is 19.7 Å². The molecule has 0 spiro atoms. The molecule has 126 valence electrons. The van der Waals surface area contributed by atoms with E-state index in [0.29, 0.717) is 12.8 Å². The van der Waals surface area contributed by atoms with Gasteiger partial charge in [0.2, 0.25) is 0 Å². The number of esters is 1. The SMILES string of the molecule is C=CC(=O)CCC1(COC(=O)C=C)c2ccccc2-c2ccccc21. The number of allylic oxidation sites excluding steroid dienone is 1. The van der Waals surface area contributed by atoms with E-state index in [2.05, 4.69) is 37.4 Å². The van der Waals surface area contributed by atoms with E-state index >= 15 is 0 Å². The highest BCUT2D eigenvalue weighted by atomic mass is 16.5. The Labute approximate surface area is 147 Å². The molecule has 0 aliphatic heterocycles. The zero-order chi connectivity index (χ0) is 17.9. The number of fused-ring (bicyclic) bond motifs is 3. The summed E-state index contributed by atoms with van der Waals surface area (Å²) in [6, 6.07) is 16.2. The van der Waals surface area contributed by atoms with Crippen molar-refractivity contribution in [1.82, 2.24) is 0 Å². The molecule has 0 heterocycles. The molecule has 3 rings (SSSR count). The number of hydrogen-bond acceptors (Lipinski definition) is 3. The molecular weight excluding hydrogens is 312 g/mol. The van der Waals surface area contributed by atoms with E-state index in [1.807, 2.05) is 24.3 Å². The first kappa shape index (κ1) is 16.9. The van der Waals surface area contributed by atoms with Crippen LogP contribution in [-0.4, -0.2) is 18.4 Å². The predicted octanol–water partition coefficient (Wildman–Crippen LogP) is 4.22. The van der Waals surface area contributed by atoms with Crippen LogP contribution in [0.5, 0.6) is 0 Å². The molecule has 0 unspecified atom stereocenters. The highest BCUT2D eigenvalue weighted by molar-refractivity contribution is 5.89. The first-order valence-electron chi connectivity index (χ1n) is 8.26. The smallest absolute Gasteiger partial charge is 0.330 e. The lowest BCUT2D eigenvalue weighted by molar-refractivity contribution is -0.139. The third kappa shape index (κ3) is 2.93. The summed E-state index contributed by atoms with van der Waals surface area (Å²) in [7, 11) is 0. The van der Waals surface area contributed by atoms with Crippen LogP contribution >= 0.6 is 0 Å². The van der Waals surface area contributed by atoms with Gasteiger partial charge in [-0.25, -0.2) is 4.79 Å². The zero-order valence-corrected chi connectivity index (χ0v) is 14.0. The Hall–Kier alpha value is -2.94. The van der Waals surface area contributed by atoms with Gasteiger partial charge in [0.15, 0.2) is 5.78 Å². The minimum atomic E-state index is -0.537. The third-order valence-corrected chi connectivity index (χ3v) is 4.83. The van der Waals surface area contributed by atoms with E-state index in [4.69, 9.17) is 4.74 Å². The molecule has 0 saturated carbocycles. The molecule has 0 radical (unpaired) electrons. The number of ketones is 1. The average Bonchev–Trinajstić information content (AvgIpc) is 2.95. The molecule has 0 N–H and O–H groups in total. The van der Waals surface area contributed by atoms with Gasteiger partial charge in [-0.2, -0.15) is 0 Å². The Kier molecular flexibility index (Phi) is 4.66. The van der Waals surface area contributed by atoms with Crippen molar-refractivity contribution in [2.75, 3.05) is 6.61 Å². The van der Waals surface area contributed by atoms with Gasteiger partial charge in [0.05, 0.1) is 5.41 Å². The Balaban J connectivity index is 2.11. The Morgan fingerprint density at radius 1 is 0.920 bits per heavy atom. The fraction of sp³-hybridized carbons (Fsp3) is 0.182. The number of ether oxygens (including phenoxy) is 1. The molecule has 2 aromatic rings. The van der Waals surface area contributed by atoms with Crippen LogP contribution in [0.2, 0.25) is 0 Å². The van der Waals surface area contributed by atoms with Crippen molar-refractivity contribution < 1.29 is 14.3 Å². The summed E-state index contributed by atoms with van der Waals surface area (Å²) < 4.78 is 5.46. The zero-order valence-electron chi connectivity index (χ0n) is 14.0. The van der Waals surface area contributed by atoms with E-state index in [0.717, 1.165) is 28.3 Å². The summed E-state index contributed by atoms with van der Waals surface area (Å²) in [5.74, 6) is -0.479. The van der Waals surface area contributed by atoms with Crippen molar-refractivity contribution in [3.63, 3.8) is 0 Å². The van der Waals surface area contributed by atoms with Gasteiger partial charge in [-0.05, 0) is 34.8 Å². The van der Waals surface area contributed by atoms with Crippen molar-refractivity contribution in [1.29, 1.82) is 0 Å². The number of hydrogen-bond donors (Lipinski definition) is 0. The Bertz CT molecular complexity index is 776. The highest BCUT2D eigenvalue weighted by Crippen LogP contribution is 2.51. The van der Waals surface area contributed by atoms with Crippen LogP contribution < -0.4 is 0 Å². The molecule has 0 fully saturated rings. The second kappa shape index (κ2) is 6.89. The Morgan fingerprint density at radius 3 is 2.00 bits per heavy atom. The maximum atomic E-state index is 11.9. The summed E-state index contributed by atoms with van der Waals surface area (Å²) >= 11 is 0. The fourth-order valence-electron chi connectivity index (χ4n) is 3.60. The second-order valence-corrected chi connectivity index (χ2v) is 6.16. The average molecular weight is 332 g/mol. The van der Waals surface area contributed by atoms with Gasteiger partial charge < -0.3 is 4.74 Å². The lowest BCUT2D eigenvalue weighted by Crippen LogP contribution is -2.33. The van der Waals surface area contributed by atoms with Crippen LogP contribution in [0, 0.1) is 0 Å². The first-order chi connectivity index (χ1) is 12.1. The van der Waals surface area contributed by atoms with Gasteiger partial charge in [-0.15, -0.1) is 0 Å². The van der Waals surface area contributed by atoms with E-state index < -0.39 is 11.4 Å². The number of carbonyl (C=O) groups is 2. The van der Waals surface area contributed by atoms with Gasteiger partial charge in [-0.3, -0.25) is 4.79 Å². The van der Waals surface area contributed by atoms with E-state index in [1.54, 1.807) is 0 Å². The number of rotatable bonds is 7. The van der Waals surface area contributed by atoms with E-state index in [9.17, 15) is 9.59 Å². The van der Waals surface area contributed by atoms with Crippen LogP contribution in [0.4, 0.5) is 0 Å². The molecule has 0 bridgehead atoms. The fourth-order valence-corrected chi connectivity index (χ4v) is 3.60. The molecule has 0 aromatic heterocycles.